The van der Waals surface area contributed by atoms with Crippen LogP contribution in [0.2, 0.25) is 0 Å². The van der Waals surface area contributed by atoms with Gasteiger partial charge in [-0.3, -0.25) is 4.90 Å². The van der Waals surface area contributed by atoms with Crippen LogP contribution in [0.3, 0.4) is 0 Å². The molecule has 1 N–H and O–H groups in total. The van der Waals surface area contributed by atoms with Gasteiger partial charge in [0, 0.05) is 18.6 Å². The largest absolute Gasteiger partial charge is 0.497 e. The second kappa shape index (κ2) is 6.15. The van der Waals surface area contributed by atoms with Crippen LogP contribution in [0.5, 0.6) is 5.75 Å². The third kappa shape index (κ3) is 2.84. The van der Waals surface area contributed by atoms with Crippen LogP contribution in [0.1, 0.15) is 42.9 Å². The van der Waals surface area contributed by atoms with Crippen molar-refractivity contribution >= 4 is 0 Å². The van der Waals surface area contributed by atoms with Crippen molar-refractivity contribution in [3.05, 3.63) is 29.3 Å². The summed E-state index contributed by atoms with van der Waals surface area (Å²) in [4.78, 5) is 2.54. The van der Waals surface area contributed by atoms with Gasteiger partial charge in [0.1, 0.15) is 5.75 Å². The van der Waals surface area contributed by atoms with Crippen LogP contribution >= 0.6 is 0 Å². The fraction of sp³-hybridized carbons (Fsp3) is 0.647. The summed E-state index contributed by atoms with van der Waals surface area (Å²) in [5.41, 5.74) is 2.99. The van der Waals surface area contributed by atoms with Crippen molar-refractivity contribution < 1.29 is 4.74 Å². The summed E-state index contributed by atoms with van der Waals surface area (Å²) in [6.45, 7) is 2.34. The molecule has 0 bridgehead atoms. The second-order valence-corrected chi connectivity index (χ2v) is 6.21. The van der Waals surface area contributed by atoms with Gasteiger partial charge >= 0.3 is 0 Å². The van der Waals surface area contributed by atoms with Gasteiger partial charge in [0.05, 0.1) is 7.11 Å². The lowest BCUT2D eigenvalue weighted by Crippen LogP contribution is -2.38. The van der Waals surface area contributed by atoms with Crippen LogP contribution in [0.15, 0.2) is 18.2 Å². The molecule has 0 amide bonds. The number of nitrogens with one attached hydrogen (secondary N) is 1. The number of hydrogen-bond acceptors (Lipinski definition) is 3. The molecule has 1 aromatic carbocycles. The van der Waals surface area contributed by atoms with Crippen LogP contribution in [0.4, 0.5) is 0 Å². The number of benzene rings is 1. The standard InChI is InChI=1S/C17H26N2O/c1-19(12-14-6-4-10-18-14)17-7-3-5-13-8-9-15(20-2)11-16(13)17/h8-9,11,14,17-18H,3-7,10,12H2,1-2H3. The molecular weight excluding hydrogens is 248 g/mol. The topological polar surface area (TPSA) is 24.5 Å². The number of fused-ring (bicyclic) bond motifs is 1. The normalized spacial score (nSPS) is 25.8. The second-order valence-electron chi connectivity index (χ2n) is 6.21. The molecule has 2 unspecified atom stereocenters. The van der Waals surface area contributed by atoms with E-state index in [9.17, 15) is 0 Å². The predicted octanol–water partition coefficient (Wildman–Crippen LogP) is 2.76. The zero-order chi connectivity index (χ0) is 13.9. The van der Waals surface area contributed by atoms with Crippen molar-refractivity contribution in [2.45, 2.75) is 44.2 Å². The molecule has 3 rings (SSSR count). The average molecular weight is 274 g/mol. The molecule has 20 heavy (non-hydrogen) atoms. The molecule has 2 aliphatic rings. The van der Waals surface area contributed by atoms with Crippen molar-refractivity contribution in [1.29, 1.82) is 0 Å². The van der Waals surface area contributed by atoms with Gasteiger partial charge in [-0.25, -0.2) is 0 Å². The van der Waals surface area contributed by atoms with Gasteiger partial charge in [-0.05, 0) is 69.0 Å². The van der Waals surface area contributed by atoms with Gasteiger partial charge in [0.2, 0.25) is 0 Å². The zero-order valence-corrected chi connectivity index (χ0v) is 12.7. The van der Waals surface area contributed by atoms with Gasteiger partial charge in [-0.2, -0.15) is 0 Å². The lowest BCUT2D eigenvalue weighted by molar-refractivity contribution is 0.203. The number of likely N-dealkylation sites (N-methyl/N-ethyl adjacent to an activating group) is 1. The molecule has 0 saturated carbocycles. The minimum absolute atomic E-state index is 0.552. The van der Waals surface area contributed by atoms with Crippen molar-refractivity contribution in [2.24, 2.45) is 0 Å². The lowest BCUT2D eigenvalue weighted by atomic mass is 9.86. The van der Waals surface area contributed by atoms with E-state index >= 15 is 0 Å². The van der Waals surface area contributed by atoms with Gasteiger partial charge < -0.3 is 10.1 Å². The predicted molar refractivity (Wildman–Crippen MR) is 82.3 cm³/mol. The van der Waals surface area contributed by atoms with Crippen molar-refractivity contribution in [1.82, 2.24) is 10.2 Å². The number of rotatable bonds is 4. The zero-order valence-electron chi connectivity index (χ0n) is 12.7. The van der Waals surface area contributed by atoms with E-state index in [1.54, 1.807) is 7.11 Å². The fourth-order valence-corrected chi connectivity index (χ4v) is 3.72. The van der Waals surface area contributed by atoms with Crippen molar-refractivity contribution in [3.8, 4) is 5.75 Å². The Morgan fingerprint density at radius 1 is 1.30 bits per heavy atom. The Morgan fingerprint density at radius 3 is 2.95 bits per heavy atom. The highest BCUT2D eigenvalue weighted by Gasteiger charge is 2.26. The quantitative estimate of drug-likeness (QED) is 0.913. The smallest absolute Gasteiger partial charge is 0.119 e. The third-order valence-corrected chi connectivity index (χ3v) is 4.84. The Morgan fingerprint density at radius 2 is 2.20 bits per heavy atom. The van der Waals surface area contributed by atoms with Crippen LogP contribution < -0.4 is 10.1 Å². The molecule has 2 atom stereocenters. The summed E-state index contributed by atoms with van der Waals surface area (Å²) in [5.74, 6) is 0.989. The van der Waals surface area contributed by atoms with Crippen molar-refractivity contribution in [2.75, 3.05) is 27.2 Å². The van der Waals surface area contributed by atoms with E-state index in [-0.39, 0.29) is 0 Å². The van der Waals surface area contributed by atoms with Gasteiger partial charge in [-0.15, -0.1) is 0 Å². The van der Waals surface area contributed by atoms with Crippen LogP contribution in [-0.2, 0) is 6.42 Å². The molecule has 110 valence electrons. The number of nitrogens with zero attached hydrogens (tertiary/aromatic N) is 1. The Balaban J connectivity index is 1.77. The van der Waals surface area contributed by atoms with E-state index in [1.165, 1.54) is 49.8 Å². The monoisotopic (exact) mass is 274 g/mol. The summed E-state index contributed by atoms with van der Waals surface area (Å²) in [6.07, 6.45) is 6.43. The maximum Gasteiger partial charge on any atom is 0.119 e. The van der Waals surface area contributed by atoms with E-state index in [4.69, 9.17) is 4.74 Å². The Kier molecular flexibility index (Phi) is 4.27. The maximum atomic E-state index is 5.41. The number of ether oxygens (including phenoxy) is 1. The number of methoxy groups -OCH3 is 1. The van der Waals surface area contributed by atoms with E-state index in [1.807, 2.05) is 0 Å². The first kappa shape index (κ1) is 13.9. The molecule has 1 aliphatic carbocycles. The molecule has 1 saturated heterocycles. The molecule has 0 radical (unpaired) electrons. The first-order chi connectivity index (χ1) is 9.78. The molecule has 3 nitrogen and oxygen atoms in total. The molecule has 0 spiro atoms. The highest BCUT2D eigenvalue weighted by atomic mass is 16.5. The van der Waals surface area contributed by atoms with E-state index < -0.39 is 0 Å². The Hall–Kier alpha value is -1.06. The van der Waals surface area contributed by atoms with Gasteiger partial charge in [0.25, 0.3) is 0 Å². The lowest BCUT2D eigenvalue weighted by Gasteiger charge is -2.35. The third-order valence-electron chi connectivity index (χ3n) is 4.84. The minimum Gasteiger partial charge on any atom is -0.497 e. The van der Waals surface area contributed by atoms with Crippen molar-refractivity contribution in [3.63, 3.8) is 0 Å². The number of hydrogen-bond donors (Lipinski definition) is 1. The summed E-state index contributed by atoms with van der Waals surface area (Å²) in [5, 5.41) is 3.61. The SMILES string of the molecule is COc1ccc2c(c1)C(N(C)CC1CCCN1)CCC2. The van der Waals surface area contributed by atoms with E-state index in [0.717, 1.165) is 12.3 Å². The van der Waals surface area contributed by atoms with E-state index in [0.29, 0.717) is 12.1 Å². The minimum atomic E-state index is 0.552. The highest BCUT2D eigenvalue weighted by Crippen LogP contribution is 2.35. The first-order valence-corrected chi connectivity index (χ1v) is 7.88. The molecule has 1 aliphatic heterocycles. The summed E-state index contributed by atoms with van der Waals surface area (Å²) in [6, 6.07) is 7.83. The maximum absolute atomic E-state index is 5.41. The summed E-state index contributed by atoms with van der Waals surface area (Å²) >= 11 is 0. The van der Waals surface area contributed by atoms with Crippen LogP contribution in [-0.4, -0.2) is 38.2 Å². The molecule has 0 aromatic heterocycles. The summed E-state index contributed by atoms with van der Waals surface area (Å²) < 4.78 is 5.41. The molecule has 1 fully saturated rings. The summed E-state index contributed by atoms with van der Waals surface area (Å²) in [7, 11) is 4.03. The van der Waals surface area contributed by atoms with Gasteiger partial charge in [-0.1, -0.05) is 6.07 Å². The Bertz CT molecular complexity index is 454. The van der Waals surface area contributed by atoms with Crippen LogP contribution in [0.25, 0.3) is 0 Å². The number of aryl methyl sites for hydroxylation is 1. The highest BCUT2D eigenvalue weighted by molar-refractivity contribution is 5.39. The average Bonchev–Trinajstić information content (AvgIpc) is 2.98. The molecule has 1 heterocycles. The van der Waals surface area contributed by atoms with Gasteiger partial charge in [0.15, 0.2) is 0 Å². The van der Waals surface area contributed by atoms with E-state index in [2.05, 4.69) is 35.5 Å². The molecule has 1 aromatic rings. The first-order valence-electron chi connectivity index (χ1n) is 7.88. The van der Waals surface area contributed by atoms with Crippen LogP contribution in [0, 0.1) is 0 Å². The molecular formula is C17H26N2O. The Labute approximate surface area is 122 Å². The fourth-order valence-electron chi connectivity index (χ4n) is 3.72. The molecule has 3 heteroatoms.